The van der Waals surface area contributed by atoms with Gasteiger partial charge < -0.3 is 15.1 Å². The molecule has 1 aliphatic heterocycles. The first-order valence-electron chi connectivity index (χ1n) is 8.96. The average Bonchev–Trinajstić information content (AvgIpc) is 2.66. The van der Waals surface area contributed by atoms with Crippen molar-refractivity contribution in [3.63, 3.8) is 0 Å². The van der Waals surface area contributed by atoms with Crippen LogP contribution in [0.15, 0.2) is 30.5 Å². The number of piperazine rings is 1. The molecule has 2 heterocycles. The van der Waals surface area contributed by atoms with Crippen LogP contribution < -0.4 is 15.1 Å². The molecule has 1 aromatic heterocycles. The van der Waals surface area contributed by atoms with Gasteiger partial charge in [-0.3, -0.25) is 0 Å². The molecule has 0 bridgehead atoms. The molecule has 1 N–H and O–H groups in total. The predicted molar refractivity (Wildman–Crippen MR) is 98.7 cm³/mol. The van der Waals surface area contributed by atoms with E-state index in [-0.39, 0.29) is 5.82 Å². The van der Waals surface area contributed by atoms with Gasteiger partial charge in [0.2, 0.25) is 5.95 Å². The zero-order chi connectivity index (χ0) is 17.5. The van der Waals surface area contributed by atoms with Gasteiger partial charge in [0, 0.05) is 32.7 Å². The Balaban J connectivity index is 1.56. The van der Waals surface area contributed by atoms with E-state index in [1.165, 1.54) is 18.9 Å². The van der Waals surface area contributed by atoms with Gasteiger partial charge in [-0.15, -0.1) is 5.10 Å². The molecule has 134 valence electrons. The Kier molecular flexibility index (Phi) is 5.98. The van der Waals surface area contributed by atoms with Crippen molar-refractivity contribution in [2.24, 2.45) is 0 Å². The minimum atomic E-state index is -0.174. The fourth-order valence-electron chi connectivity index (χ4n) is 2.96. The van der Waals surface area contributed by atoms with Crippen molar-refractivity contribution in [3.05, 3.63) is 36.3 Å². The fourth-order valence-corrected chi connectivity index (χ4v) is 2.96. The Labute approximate surface area is 148 Å². The van der Waals surface area contributed by atoms with Crippen molar-refractivity contribution >= 4 is 17.5 Å². The largest absolute Gasteiger partial charge is 0.369 e. The Hall–Kier alpha value is -2.44. The average molecular weight is 344 g/mol. The first-order chi connectivity index (χ1) is 12.3. The minimum absolute atomic E-state index is 0.174. The highest BCUT2D eigenvalue weighted by atomic mass is 19.1. The second kappa shape index (κ2) is 8.60. The highest BCUT2D eigenvalue weighted by Crippen LogP contribution is 2.21. The molecule has 0 aliphatic carbocycles. The Morgan fingerprint density at radius 3 is 2.60 bits per heavy atom. The van der Waals surface area contributed by atoms with E-state index < -0.39 is 0 Å². The predicted octanol–water partition coefficient (Wildman–Crippen LogP) is 2.94. The number of rotatable bonds is 7. The van der Waals surface area contributed by atoms with Crippen LogP contribution in [0.5, 0.6) is 0 Å². The van der Waals surface area contributed by atoms with Gasteiger partial charge in [-0.2, -0.15) is 10.1 Å². The summed E-state index contributed by atoms with van der Waals surface area (Å²) in [5.74, 6) is 1.22. The SMILES string of the molecule is CCCCCNc1cnnc(N2CCN(c3ccccc3F)CC2)n1. The van der Waals surface area contributed by atoms with Crippen molar-refractivity contribution in [2.75, 3.05) is 47.8 Å². The summed E-state index contributed by atoms with van der Waals surface area (Å²) in [6.45, 7) is 6.04. The molecule has 0 radical (unpaired) electrons. The molecule has 0 atom stereocenters. The lowest BCUT2D eigenvalue weighted by Crippen LogP contribution is -2.47. The van der Waals surface area contributed by atoms with Gasteiger partial charge in [0.25, 0.3) is 0 Å². The molecule has 2 aromatic rings. The molecule has 1 fully saturated rings. The molecule has 6 nitrogen and oxygen atoms in total. The topological polar surface area (TPSA) is 57.2 Å². The lowest BCUT2D eigenvalue weighted by molar-refractivity contribution is 0.592. The van der Waals surface area contributed by atoms with Crippen molar-refractivity contribution in [2.45, 2.75) is 26.2 Å². The van der Waals surface area contributed by atoms with Crippen LogP contribution in [0, 0.1) is 5.82 Å². The van der Waals surface area contributed by atoms with Crippen LogP contribution in [0.25, 0.3) is 0 Å². The number of halogens is 1. The molecule has 1 aliphatic rings. The van der Waals surface area contributed by atoms with E-state index in [4.69, 9.17) is 0 Å². The van der Waals surface area contributed by atoms with Crippen LogP contribution in [0.2, 0.25) is 0 Å². The molecular weight excluding hydrogens is 319 g/mol. The molecule has 1 saturated heterocycles. The van der Waals surface area contributed by atoms with E-state index in [0.29, 0.717) is 11.6 Å². The van der Waals surface area contributed by atoms with E-state index in [0.717, 1.165) is 45.0 Å². The third kappa shape index (κ3) is 4.55. The van der Waals surface area contributed by atoms with Gasteiger partial charge in [-0.1, -0.05) is 31.9 Å². The summed E-state index contributed by atoms with van der Waals surface area (Å²) >= 11 is 0. The highest BCUT2D eigenvalue weighted by Gasteiger charge is 2.21. The smallest absolute Gasteiger partial charge is 0.247 e. The summed E-state index contributed by atoms with van der Waals surface area (Å²) in [4.78, 5) is 8.72. The monoisotopic (exact) mass is 344 g/mol. The van der Waals surface area contributed by atoms with Gasteiger partial charge >= 0.3 is 0 Å². The lowest BCUT2D eigenvalue weighted by atomic mass is 10.2. The van der Waals surface area contributed by atoms with E-state index in [1.807, 2.05) is 12.1 Å². The van der Waals surface area contributed by atoms with Crippen molar-refractivity contribution < 1.29 is 4.39 Å². The summed E-state index contributed by atoms with van der Waals surface area (Å²) in [6, 6.07) is 6.91. The molecule has 1 aromatic carbocycles. The van der Waals surface area contributed by atoms with Gasteiger partial charge in [0.15, 0.2) is 5.82 Å². The summed E-state index contributed by atoms with van der Waals surface area (Å²) in [5.41, 5.74) is 0.660. The second-order valence-corrected chi connectivity index (χ2v) is 6.20. The Bertz CT molecular complexity index is 672. The number of hydrogen-bond donors (Lipinski definition) is 1. The molecule has 3 rings (SSSR count). The van der Waals surface area contributed by atoms with Gasteiger partial charge in [0.1, 0.15) is 5.82 Å². The van der Waals surface area contributed by atoms with Gasteiger partial charge in [-0.25, -0.2) is 4.39 Å². The number of nitrogens with zero attached hydrogens (tertiary/aromatic N) is 5. The fraction of sp³-hybridized carbons (Fsp3) is 0.500. The van der Waals surface area contributed by atoms with Crippen LogP contribution in [-0.4, -0.2) is 47.9 Å². The van der Waals surface area contributed by atoms with Crippen LogP contribution in [0.4, 0.5) is 21.8 Å². The van der Waals surface area contributed by atoms with E-state index in [2.05, 4.69) is 37.2 Å². The quantitative estimate of drug-likeness (QED) is 0.780. The summed E-state index contributed by atoms with van der Waals surface area (Å²) in [6.07, 6.45) is 5.18. The maximum absolute atomic E-state index is 13.9. The normalized spacial score (nSPS) is 14.6. The molecule has 0 spiro atoms. The van der Waals surface area contributed by atoms with Crippen LogP contribution in [0.3, 0.4) is 0 Å². The first kappa shape index (κ1) is 17.4. The number of hydrogen-bond acceptors (Lipinski definition) is 6. The van der Waals surface area contributed by atoms with E-state index in [1.54, 1.807) is 12.3 Å². The third-order valence-corrected chi connectivity index (χ3v) is 4.39. The number of aromatic nitrogens is 3. The molecular formula is C18H25FN6. The Morgan fingerprint density at radius 1 is 1.08 bits per heavy atom. The van der Waals surface area contributed by atoms with E-state index in [9.17, 15) is 4.39 Å². The maximum atomic E-state index is 13.9. The molecule has 25 heavy (non-hydrogen) atoms. The highest BCUT2D eigenvalue weighted by molar-refractivity contribution is 5.50. The second-order valence-electron chi connectivity index (χ2n) is 6.20. The Morgan fingerprint density at radius 2 is 1.84 bits per heavy atom. The van der Waals surface area contributed by atoms with E-state index >= 15 is 0 Å². The summed E-state index contributed by atoms with van der Waals surface area (Å²) < 4.78 is 13.9. The molecule has 0 saturated carbocycles. The third-order valence-electron chi connectivity index (χ3n) is 4.39. The zero-order valence-corrected chi connectivity index (χ0v) is 14.7. The standard InChI is InChI=1S/C18H25FN6/c1-2-3-6-9-20-17-14-21-23-18(22-17)25-12-10-24(11-13-25)16-8-5-4-7-15(16)19/h4-5,7-8,14H,2-3,6,9-13H2,1H3,(H,20,22,23). The maximum Gasteiger partial charge on any atom is 0.247 e. The van der Waals surface area contributed by atoms with Crippen LogP contribution >= 0.6 is 0 Å². The lowest BCUT2D eigenvalue weighted by Gasteiger charge is -2.36. The van der Waals surface area contributed by atoms with Crippen molar-refractivity contribution in [1.82, 2.24) is 15.2 Å². The van der Waals surface area contributed by atoms with Crippen molar-refractivity contribution in [1.29, 1.82) is 0 Å². The number of unbranched alkanes of at least 4 members (excludes halogenated alkanes) is 2. The van der Waals surface area contributed by atoms with Gasteiger partial charge in [-0.05, 0) is 18.6 Å². The molecule has 0 unspecified atom stereocenters. The number of benzene rings is 1. The summed E-state index contributed by atoms with van der Waals surface area (Å²) in [5, 5.41) is 11.5. The zero-order valence-electron chi connectivity index (χ0n) is 14.7. The molecule has 0 amide bonds. The number of nitrogens with one attached hydrogen (secondary N) is 1. The van der Waals surface area contributed by atoms with Crippen LogP contribution in [-0.2, 0) is 0 Å². The number of para-hydroxylation sites is 1. The van der Waals surface area contributed by atoms with Crippen molar-refractivity contribution in [3.8, 4) is 0 Å². The number of anilines is 3. The first-order valence-corrected chi connectivity index (χ1v) is 8.96. The minimum Gasteiger partial charge on any atom is -0.369 e. The van der Waals surface area contributed by atoms with Crippen LogP contribution in [0.1, 0.15) is 26.2 Å². The van der Waals surface area contributed by atoms with Gasteiger partial charge in [0.05, 0.1) is 11.9 Å². The molecule has 7 heteroatoms. The summed E-state index contributed by atoms with van der Waals surface area (Å²) in [7, 11) is 0.